The highest BCUT2D eigenvalue weighted by molar-refractivity contribution is 5.85. The number of carboxylic acids is 1. The first kappa shape index (κ1) is 15.5. The molecule has 1 aliphatic rings. The van der Waals surface area contributed by atoms with Gasteiger partial charge in [0.25, 0.3) is 0 Å². The summed E-state index contributed by atoms with van der Waals surface area (Å²) in [6, 6.07) is -0.946. The number of carbonyl (C=O) groups excluding carboxylic acids is 1. The Morgan fingerprint density at radius 2 is 2.24 bits per heavy atom. The molecule has 1 saturated carbocycles. The van der Waals surface area contributed by atoms with Gasteiger partial charge in [-0.25, -0.2) is 9.78 Å². The molecule has 2 rings (SSSR count). The molecule has 0 spiro atoms. The highest BCUT2D eigenvalue weighted by Crippen LogP contribution is 2.29. The maximum absolute atomic E-state index is 12.4. The summed E-state index contributed by atoms with van der Waals surface area (Å²) in [5.41, 5.74) is 6.40. The van der Waals surface area contributed by atoms with Crippen molar-refractivity contribution < 1.29 is 14.7 Å². The Hall–Kier alpha value is -1.89. The predicted octanol–water partition coefficient (Wildman–Crippen LogP) is 0.287. The van der Waals surface area contributed by atoms with E-state index in [0.717, 1.165) is 25.7 Å². The first-order valence-corrected chi connectivity index (χ1v) is 7.32. The van der Waals surface area contributed by atoms with Crippen LogP contribution in [0, 0.1) is 11.8 Å². The quantitative estimate of drug-likeness (QED) is 0.600. The van der Waals surface area contributed by atoms with Gasteiger partial charge >= 0.3 is 5.97 Å². The Labute approximate surface area is 123 Å². The first-order valence-electron chi connectivity index (χ1n) is 7.32. The number of H-pyrrole nitrogens is 1. The van der Waals surface area contributed by atoms with Gasteiger partial charge < -0.3 is 21.1 Å². The fourth-order valence-electron chi connectivity index (χ4n) is 2.93. The van der Waals surface area contributed by atoms with Crippen LogP contribution < -0.4 is 11.1 Å². The Kier molecular flexibility index (Phi) is 5.32. The minimum atomic E-state index is -1.04. The third-order valence-electron chi connectivity index (χ3n) is 4.14. The van der Waals surface area contributed by atoms with Crippen LogP contribution in [0.3, 0.4) is 0 Å². The third kappa shape index (κ3) is 4.04. The fourth-order valence-corrected chi connectivity index (χ4v) is 2.93. The molecule has 7 nitrogen and oxygen atoms in total. The second kappa shape index (κ2) is 7.21. The van der Waals surface area contributed by atoms with Gasteiger partial charge in [0.05, 0.1) is 6.33 Å². The number of aliphatic carboxylic acids is 1. The molecule has 116 valence electrons. The molecule has 1 amide bonds. The smallest absolute Gasteiger partial charge is 0.326 e. The summed E-state index contributed by atoms with van der Waals surface area (Å²) in [6.07, 6.45) is 7.04. The Morgan fingerprint density at radius 3 is 2.86 bits per heavy atom. The summed E-state index contributed by atoms with van der Waals surface area (Å²) in [6.45, 7) is 0.469. The average molecular weight is 294 g/mol. The number of nitrogens with one attached hydrogen (secondary N) is 2. The molecule has 5 N–H and O–H groups in total. The lowest BCUT2D eigenvalue weighted by Gasteiger charge is -2.30. The van der Waals surface area contributed by atoms with Crippen LogP contribution in [0.2, 0.25) is 0 Å². The van der Waals surface area contributed by atoms with Crippen molar-refractivity contribution >= 4 is 11.9 Å². The summed E-state index contributed by atoms with van der Waals surface area (Å²) in [7, 11) is 0. The lowest BCUT2D eigenvalue weighted by atomic mass is 9.78. The highest BCUT2D eigenvalue weighted by Gasteiger charge is 2.32. The van der Waals surface area contributed by atoms with E-state index in [1.165, 1.54) is 6.33 Å². The number of nitrogens with zero attached hydrogens (tertiary/aromatic N) is 1. The molecule has 0 aromatic carbocycles. The Morgan fingerprint density at radius 1 is 1.48 bits per heavy atom. The molecule has 3 unspecified atom stereocenters. The lowest BCUT2D eigenvalue weighted by Crippen LogP contribution is -2.47. The summed E-state index contributed by atoms with van der Waals surface area (Å²) < 4.78 is 0. The van der Waals surface area contributed by atoms with Crippen LogP contribution in [-0.4, -0.2) is 39.5 Å². The number of imidazole rings is 1. The largest absolute Gasteiger partial charge is 0.480 e. The molecular formula is C14H22N4O3. The molecule has 1 heterocycles. The van der Waals surface area contributed by atoms with Crippen molar-refractivity contribution in [2.24, 2.45) is 17.6 Å². The summed E-state index contributed by atoms with van der Waals surface area (Å²) in [5.74, 6) is -1.26. The van der Waals surface area contributed by atoms with E-state index in [-0.39, 0.29) is 24.2 Å². The van der Waals surface area contributed by atoms with Gasteiger partial charge in [0.15, 0.2) is 0 Å². The van der Waals surface area contributed by atoms with Crippen molar-refractivity contribution in [2.45, 2.75) is 38.1 Å². The second-order valence-corrected chi connectivity index (χ2v) is 5.57. The molecule has 21 heavy (non-hydrogen) atoms. The molecule has 0 aliphatic heterocycles. The number of hydrogen-bond acceptors (Lipinski definition) is 4. The van der Waals surface area contributed by atoms with E-state index in [0.29, 0.717) is 12.2 Å². The molecular weight excluding hydrogens is 272 g/mol. The zero-order valence-electron chi connectivity index (χ0n) is 11.9. The molecule has 1 aromatic heterocycles. The van der Waals surface area contributed by atoms with E-state index >= 15 is 0 Å². The second-order valence-electron chi connectivity index (χ2n) is 5.57. The van der Waals surface area contributed by atoms with Crippen LogP contribution in [0.1, 0.15) is 31.4 Å². The summed E-state index contributed by atoms with van der Waals surface area (Å²) in [5, 5.41) is 11.9. The topological polar surface area (TPSA) is 121 Å². The maximum atomic E-state index is 12.4. The predicted molar refractivity (Wildman–Crippen MR) is 76.4 cm³/mol. The first-order chi connectivity index (χ1) is 10.1. The van der Waals surface area contributed by atoms with Crippen molar-refractivity contribution in [3.05, 3.63) is 18.2 Å². The van der Waals surface area contributed by atoms with Crippen molar-refractivity contribution in [3.63, 3.8) is 0 Å². The number of carbonyl (C=O) groups is 2. The molecule has 3 atom stereocenters. The number of carboxylic acid groups (broad SMARTS) is 1. The number of rotatable bonds is 6. The molecule has 7 heteroatoms. The third-order valence-corrected chi connectivity index (χ3v) is 4.14. The van der Waals surface area contributed by atoms with Crippen molar-refractivity contribution in [2.75, 3.05) is 6.54 Å². The van der Waals surface area contributed by atoms with Gasteiger partial charge in [-0.05, 0) is 25.3 Å². The van der Waals surface area contributed by atoms with Crippen LogP contribution in [0.5, 0.6) is 0 Å². The van der Waals surface area contributed by atoms with Crippen LogP contribution >= 0.6 is 0 Å². The monoisotopic (exact) mass is 294 g/mol. The number of hydrogen-bond donors (Lipinski definition) is 4. The van der Waals surface area contributed by atoms with Gasteiger partial charge in [0.1, 0.15) is 6.04 Å². The number of aromatic amines is 1. The van der Waals surface area contributed by atoms with Gasteiger partial charge in [0, 0.05) is 24.2 Å². The Balaban J connectivity index is 1.98. The van der Waals surface area contributed by atoms with Crippen LogP contribution in [0.25, 0.3) is 0 Å². The minimum absolute atomic E-state index is 0.153. The van der Waals surface area contributed by atoms with Gasteiger partial charge in [-0.2, -0.15) is 0 Å². The van der Waals surface area contributed by atoms with Gasteiger partial charge in [0.2, 0.25) is 5.91 Å². The van der Waals surface area contributed by atoms with Crippen molar-refractivity contribution in [1.82, 2.24) is 15.3 Å². The standard InChI is InChI=1S/C14H22N4O3/c15-6-9-3-1-2-4-11(9)13(19)18-12(14(20)21)5-10-7-16-8-17-10/h7-9,11-12H,1-6,15H2,(H,16,17)(H,18,19)(H,20,21). The van der Waals surface area contributed by atoms with Crippen molar-refractivity contribution in [3.8, 4) is 0 Å². The maximum Gasteiger partial charge on any atom is 0.326 e. The van der Waals surface area contributed by atoms with E-state index in [9.17, 15) is 14.7 Å². The molecule has 0 bridgehead atoms. The van der Waals surface area contributed by atoms with Crippen molar-refractivity contribution in [1.29, 1.82) is 0 Å². The van der Waals surface area contributed by atoms with Gasteiger partial charge in [-0.1, -0.05) is 12.8 Å². The van der Waals surface area contributed by atoms with E-state index in [1.807, 2.05) is 0 Å². The molecule has 0 radical (unpaired) electrons. The normalized spacial score (nSPS) is 23.5. The van der Waals surface area contributed by atoms with Crippen LogP contribution in [-0.2, 0) is 16.0 Å². The zero-order chi connectivity index (χ0) is 15.2. The van der Waals surface area contributed by atoms with E-state index in [2.05, 4.69) is 15.3 Å². The number of aromatic nitrogens is 2. The minimum Gasteiger partial charge on any atom is -0.480 e. The Bertz CT molecular complexity index is 475. The van der Waals surface area contributed by atoms with Crippen LogP contribution in [0.4, 0.5) is 0 Å². The number of amides is 1. The lowest BCUT2D eigenvalue weighted by molar-refractivity contribution is -0.143. The SMILES string of the molecule is NCC1CCCCC1C(=O)NC(Cc1cnc[nH]1)C(=O)O. The van der Waals surface area contributed by atoms with E-state index in [4.69, 9.17) is 5.73 Å². The van der Waals surface area contributed by atoms with Gasteiger partial charge in [-0.3, -0.25) is 4.79 Å². The summed E-state index contributed by atoms with van der Waals surface area (Å²) >= 11 is 0. The average Bonchev–Trinajstić information content (AvgIpc) is 2.99. The van der Waals surface area contributed by atoms with E-state index < -0.39 is 12.0 Å². The molecule has 0 saturated heterocycles. The molecule has 1 aromatic rings. The number of nitrogens with two attached hydrogens (primary N) is 1. The zero-order valence-corrected chi connectivity index (χ0v) is 11.9. The molecule has 1 aliphatic carbocycles. The highest BCUT2D eigenvalue weighted by atomic mass is 16.4. The van der Waals surface area contributed by atoms with Crippen LogP contribution in [0.15, 0.2) is 12.5 Å². The summed E-state index contributed by atoms with van der Waals surface area (Å²) in [4.78, 5) is 30.4. The van der Waals surface area contributed by atoms with Gasteiger partial charge in [-0.15, -0.1) is 0 Å². The van der Waals surface area contributed by atoms with E-state index in [1.54, 1.807) is 6.20 Å². The fraction of sp³-hybridized carbons (Fsp3) is 0.643. The molecule has 1 fully saturated rings.